The average Bonchev–Trinajstić information content (AvgIpc) is 2.70. The summed E-state index contributed by atoms with van der Waals surface area (Å²) in [5.41, 5.74) is 0.924. The first-order chi connectivity index (χ1) is 9.10. The fraction of sp³-hybridized carbons (Fsp3) is 0.308. The number of hydrogen-bond acceptors (Lipinski definition) is 3. The molecule has 0 unspecified atom stereocenters. The van der Waals surface area contributed by atoms with Crippen molar-refractivity contribution in [3.8, 4) is 0 Å². The number of aryl methyl sites for hydroxylation is 1. The minimum Gasteiger partial charge on any atom is -0.451 e. The van der Waals surface area contributed by atoms with E-state index in [9.17, 15) is 4.79 Å². The number of aromatic nitrogens is 1. The van der Waals surface area contributed by atoms with Crippen molar-refractivity contribution in [2.75, 3.05) is 5.32 Å². The molecule has 1 N–H and O–H groups in total. The van der Waals surface area contributed by atoms with E-state index >= 15 is 0 Å². The van der Waals surface area contributed by atoms with Crippen LogP contribution in [0.25, 0.3) is 0 Å². The minimum atomic E-state index is 0.0240. The number of anilines is 1. The van der Waals surface area contributed by atoms with E-state index in [0.29, 0.717) is 11.2 Å². The Morgan fingerprint density at radius 2 is 2.16 bits per heavy atom. The van der Waals surface area contributed by atoms with Crippen LogP contribution in [-0.2, 0) is 13.1 Å². The van der Waals surface area contributed by atoms with Gasteiger partial charge in [0.05, 0.1) is 16.7 Å². The van der Waals surface area contributed by atoms with E-state index in [4.69, 9.17) is 4.42 Å². The summed E-state index contributed by atoms with van der Waals surface area (Å²) >= 11 is 6.67. The van der Waals surface area contributed by atoms with Gasteiger partial charge >= 0.3 is 0 Å². The topological polar surface area (TPSA) is 47.2 Å². The van der Waals surface area contributed by atoms with Crippen LogP contribution in [-0.4, -0.2) is 4.57 Å². The van der Waals surface area contributed by atoms with Gasteiger partial charge < -0.3 is 14.3 Å². The Kier molecular flexibility index (Phi) is 4.87. The molecule has 2 aromatic rings. The van der Waals surface area contributed by atoms with Crippen molar-refractivity contribution in [1.82, 2.24) is 4.57 Å². The molecule has 19 heavy (non-hydrogen) atoms. The molecule has 0 radical (unpaired) electrons. The predicted octanol–water partition coefficient (Wildman–Crippen LogP) is 3.99. The highest BCUT2D eigenvalue weighted by Crippen LogP contribution is 2.27. The van der Waals surface area contributed by atoms with Crippen molar-refractivity contribution in [1.29, 1.82) is 0 Å². The van der Waals surface area contributed by atoms with Gasteiger partial charge in [-0.3, -0.25) is 4.79 Å². The summed E-state index contributed by atoms with van der Waals surface area (Å²) in [5.74, 6) is 0.812. The number of halogens is 2. The Labute approximate surface area is 128 Å². The van der Waals surface area contributed by atoms with Crippen molar-refractivity contribution in [2.24, 2.45) is 0 Å². The highest BCUT2D eigenvalue weighted by molar-refractivity contribution is 9.13. The Morgan fingerprint density at radius 3 is 2.79 bits per heavy atom. The van der Waals surface area contributed by atoms with E-state index in [2.05, 4.69) is 37.2 Å². The summed E-state index contributed by atoms with van der Waals surface area (Å²) in [6.07, 6.45) is 2.76. The third-order valence-electron chi connectivity index (χ3n) is 2.61. The van der Waals surface area contributed by atoms with Crippen molar-refractivity contribution < 1.29 is 4.42 Å². The molecular formula is C13H14Br2N2O2. The van der Waals surface area contributed by atoms with Crippen LogP contribution in [0, 0.1) is 0 Å². The van der Waals surface area contributed by atoms with Gasteiger partial charge in [-0.2, -0.15) is 0 Å². The molecule has 0 aliphatic carbocycles. The third-order valence-corrected chi connectivity index (χ3v) is 4.32. The maximum Gasteiger partial charge on any atom is 0.250 e. The van der Waals surface area contributed by atoms with Crippen LogP contribution in [0.15, 0.2) is 42.7 Å². The molecule has 0 bridgehead atoms. The Hall–Kier alpha value is -1.01. The molecule has 0 atom stereocenters. The van der Waals surface area contributed by atoms with Crippen molar-refractivity contribution in [3.05, 3.63) is 49.7 Å². The number of pyridine rings is 1. The number of hydrogen-bond donors (Lipinski definition) is 1. The second kappa shape index (κ2) is 6.43. The van der Waals surface area contributed by atoms with E-state index in [1.165, 1.54) is 0 Å². The second-order valence-electron chi connectivity index (χ2n) is 4.14. The molecule has 0 fully saturated rings. The van der Waals surface area contributed by atoms with Gasteiger partial charge in [-0.25, -0.2) is 0 Å². The molecule has 2 aromatic heterocycles. The number of rotatable bonds is 5. The van der Waals surface area contributed by atoms with Crippen molar-refractivity contribution in [2.45, 2.75) is 26.4 Å². The van der Waals surface area contributed by atoms with Gasteiger partial charge in [-0.05, 0) is 50.4 Å². The largest absolute Gasteiger partial charge is 0.451 e. The fourth-order valence-electron chi connectivity index (χ4n) is 1.72. The van der Waals surface area contributed by atoms with Gasteiger partial charge in [0.1, 0.15) is 5.76 Å². The van der Waals surface area contributed by atoms with Gasteiger partial charge in [-0.1, -0.05) is 6.92 Å². The molecule has 0 aliphatic heterocycles. The van der Waals surface area contributed by atoms with E-state index < -0.39 is 0 Å². The maximum absolute atomic E-state index is 11.6. The Balaban J connectivity index is 2.07. The molecule has 0 aromatic carbocycles. The monoisotopic (exact) mass is 388 g/mol. The van der Waals surface area contributed by atoms with Crippen LogP contribution < -0.4 is 10.9 Å². The quantitative estimate of drug-likeness (QED) is 0.840. The molecule has 0 amide bonds. The SMILES string of the molecule is CCCn1cc(NCc2cc(Br)c(Br)o2)ccc1=O. The summed E-state index contributed by atoms with van der Waals surface area (Å²) in [5, 5.41) is 3.23. The highest BCUT2D eigenvalue weighted by atomic mass is 79.9. The predicted molar refractivity (Wildman–Crippen MR) is 82.4 cm³/mol. The highest BCUT2D eigenvalue weighted by Gasteiger charge is 2.06. The van der Waals surface area contributed by atoms with Crippen LogP contribution in [0.2, 0.25) is 0 Å². The lowest BCUT2D eigenvalue weighted by Gasteiger charge is -2.08. The van der Waals surface area contributed by atoms with Gasteiger partial charge in [0.2, 0.25) is 0 Å². The summed E-state index contributed by atoms with van der Waals surface area (Å²) in [6, 6.07) is 5.26. The number of nitrogens with one attached hydrogen (secondary N) is 1. The summed E-state index contributed by atoms with van der Waals surface area (Å²) in [4.78, 5) is 11.6. The Bertz CT molecular complexity index is 600. The molecule has 0 aliphatic rings. The van der Waals surface area contributed by atoms with Crippen LogP contribution >= 0.6 is 31.9 Å². The van der Waals surface area contributed by atoms with Crippen molar-refractivity contribution in [3.63, 3.8) is 0 Å². The standard InChI is InChI=1S/C13H14Br2N2O2/c1-2-5-17-8-9(3-4-12(17)18)16-7-10-6-11(14)13(15)19-10/h3-4,6,8,16H,2,5,7H2,1H3. The molecule has 6 heteroatoms. The van der Waals surface area contributed by atoms with E-state index in [-0.39, 0.29) is 5.56 Å². The first kappa shape index (κ1) is 14.4. The molecule has 0 spiro atoms. The number of nitrogens with zero attached hydrogens (tertiary/aromatic N) is 1. The van der Waals surface area contributed by atoms with E-state index in [0.717, 1.165) is 28.9 Å². The smallest absolute Gasteiger partial charge is 0.250 e. The molecule has 0 saturated heterocycles. The maximum atomic E-state index is 11.6. The second-order valence-corrected chi connectivity index (χ2v) is 5.71. The first-order valence-corrected chi connectivity index (χ1v) is 7.57. The summed E-state index contributed by atoms with van der Waals surface area (Å²) in [6.45, 7) is 3.34. The van der Waals surface area contributed by atoms with E-state index in [1.807, 2.05) is 19.2 Å². The van der Waals surface area contributed by atoms with Crippen LogP contribution in [0.1, 0.15) is 19.1 Å². The van der Waals surface area contributed by atoms with E-state index in [1.54, 1.807) is 16.7 Å². The molecule has 4 nitrogen and oxygen atoms in total. The molecule has 0 saturated carbocycles. The van der Waals surface area contributed by atoms with Gasteiger partial charge in [0, 0.05) is 18.8 Å². The third kappa shape index (κ3) is 3.73. The number of furan rings is 1. The lowest BCUT2D eigenvalue weighted by Crippen LogP contribution is -2.18. The zero-order valence-electron chi connectivity index (χ0n) is 10.5. The fourth-order valence-corrected chi connectivity index (χ4v) is 2.38. The normalized spacial score (nSPS) is 10.7. The molecule has 2 rings (SSSR count). The van der Waals surface area contributed by atoms with Crippen LogP contribution in [0.4, 0.5) is 5.69 Å². The lowest BCUT2D eigenvalue weighted by molar-refractivity contribution is 0.494. The average molecular weight is 390 g/mol. The lowest BCUT2D eigenvalue weighted by atomic mass is 10.3. The molecular weight excluding hydrogens is 376 g/mol. The molecule has 2 heterocycles. The van der Waals surface area contributed by atoms with Gasteiger partial charge in [0.25, 0.3) is 5.56 Å². The van der Waals surface area contributed by atoms with Gasteiger partial charge in [-0.15, -0.1) is 0 Å². The zero-order valence-corrected chi connectivity index (χ0v) is 13.6. The first-order valence-electron chi connectivity index (χ1n) is 5.98. The van der Waals surface area contributed by atoms with Crippen LogP contribution in [0.5, 0.6) is 0 Å². The zero-order chi connectivity index (χ0) is 13.8. The van der Waals surface area contributed by atoms with Crippen LogP contribution in [0.3, 0.4) is 0 Å². The van der Waals surface area contributed by atoms with Gasteiger partial charge in [0.15, 0.2) is 4.67 Å². The Morgan fingerprint density at radius 1 is 1.37 bits per heavy atom. The summed E-state index contributed by atoms with van der Waals surface area (Å²) < 4.78 is 8.75. The molecule has 102 valence electrons. The summed E-state index contributed by atoms with van der Waals surface area (Å²) in [7, 11) is 0. The minimum absolute atomic E-state index is 0.0240. The van der Waals surface area contributed by atoms with Crippen molar-refractivity contribution >= 4 is 37.5 Å².